The smallest absolute Gasteiger partial charge is 0.141 e. The summed E-state index contributed by atoms with van der Waals surface area (Å²) in [6.45, 7) is -0.0528. The molecule has 0 radical (unpaired) electrons. The van der Waals surface area contributed by atoms with Gasteiger partial charge in [0.25, 0.3) is 0 Å². The molecule has 2 aromatic rings. The third-order valence-electron chi connectivity index (χ3n) is 2.91. The average Bonchev–Trinajstić information content (AvgIpc) is 2.46. The number of ether oxygens (including phenoxy) is 1. The molecule has 2 rings (SSSR count). The van der Waals surface area contributed by atoms with Crippen LogP contribution >= 0.6 is 0 Å². The van der Waals surface area contributed by atoms with Gasteiger partial charge in [0, 0.05) is 0 Å². The lowest BCUT2D eigenvalue weighted by Crippen LogP contribution is -2.15. The fourth-order valence-electron chi connectivity index (χ4n) is 1.89. The SMILES string of the molecule is COc1ccccc1NC(CO)c1ccc(O)cc1. The van der Waals surface area contributed by atoms with Crippen LogP contribution in [0.2, 0.25) is 0 Å². The molecule has 1 unspecified atom stereocenters. The summed E-state index contributed by atoms with van der Waals surface area (Å²) in [5.41, 5.74) is 1.71. The summed E-state index contributed by atoms with van der Waals surface area (Å²) in [6, 6.07) is 14.0. The molecule has 0 amide bonds. The van der Waals surface area contributed by atoms with Crippen molar-refractivity contribution < 1.29 is 14.9 Å². The molecule has 4 heteroatoms. The average molecular weight is 259 g/mol. The van der Waals surface area contributed by atoms with Crippen LogP contribution in [-0.4, -0.2) is 23.9 Å². The molecular formula is C15H17NO3. The van der Waals surface area contributed by atoms with E-state index in [2.05, 4.69) is 5.32 Å². The molecule has 4 nitrogen and oxygen atoms in total. The van der Waals surface area contributed by atoms with Crippen LogP contribution < -0.4 is 10.1 Å². The van der Waals surface area contributed by atoms with Gasteiger partial charge in [-0.05, 0) is 29.8 Å². The van der Waals surface area contributed by atoms with Gasteiger partial charge in [-0.3, -0.25) is 0 Å². The maximum atomic E-state index is 9.51. The summed E-state index contributed by atoms with van der Waals surface area (Å²) >= 11 is 0. The summed E-state index contributed by atoms with van der Waals surface area (Å²) in [6.07, 6.45) is 0. The second-order valence-corrected chi connectivity index (χ2v) is 4.17. The van der Waals surface area contributed by atoms with Crippen molar-refractivity contribution in [3.63, 3.8) is 0 Å². The predicted molar refractivity (Wildman–Crippen MR) is 74.6 cm³/mol. The van der Waals surface area contributed by atoms with E-state index in [-0.39, 0.29) is 18.4 Å². The minimum Gasteiger partial charge on any atom is -0.508 e. The summed E-state index contributed by atoms with van der Waals surface area (Å²) < 4.78 is 5.26. The zero-order chi connectivity index (χ0) is 13.7. The van der Waals surface area contributed by atoms with Crippen LogP contribution in [0.3, 0.4) is 0 Å². The van der Waals surface area contributed by atoms with Crippen molar-refractivity contribution in [3.05, 3.63) is 54.1 Å². The first kappa shape index (κ1) is 13.2. The van der Waals surface area contributed by atoms with Crippen LogP contribution in [0.4, 0.5) is 5.69 Å². The van der Waals surface area contributed by atoms with E-state index in [1.54, 1.807) is 31.4 Å². The molecule has 0 fully saturated rings. The van der Waals surface area contributed by atoms with Gasteiger partial charge >= 0.3 is 0 Å². The van der Waals surface area contributed by atoms with E-state index < -0.39 is 0 Å². The van der Waals surface area contributed by atoms with E-state index in [1.165, 1.54) is 0 Å². The monoisotopic (exact) mass is 259 g/mol. The second-order valence-electron chi connectivity index (χ2n) is 4.17. The standard InChI is InChI=1S/C15H17NO3/c1-19-15-5-3-2-4-13(15)16-14(10-17)11-6-8-12(18)9-7-11/h2-9,14,16-18H,10H2,1H3. The van der Waals surface area contributed by atoms with E-state index in [0.29, 0.717) is 0 Å². The first-order chi connectivity index (χ1) is 9.24. The molecule has 0 aliphatic carbocycles. The Morgan fingerprint density at radius 1 is 1.11 bits per heavy atom. The molecule has 0 spiro atoms. The number of anilines is 1. The van der Waals surface area contributed by atoms with Crippen molar-refractivity contribution >= 4 is 5.69 Å². The van der Waals surface area contributed by atoms with Gasteiger partial charge in [0.1, 0.15) is 11.5 Å². The highest BCUT2D eigenvalue weighted by molar-refractivity contribution is 5.57. The number of rotatable bonds is 5. The maximum absolute atomic E-state index is 9.51. The van der Waals surface area contributed by atoms with Crippen LogP contribution in [0.25, 0.3) is 0 Å². The lowest BCUT2D eigenvalue weighted by molar-refractivity contribution is 0.276. The summed E-state index contributed by atoms with van der Waals surface area (Å²) in [5.74, 6) is 0.928. The van der Waals surface area contributed by atoms with E-state index in [4.69, 9.17) is 4.74 Å². The minimum absolute atomic E-state index is 0.0528. The fraction of sp³-hybridized carbons (Fsp3) is 0.200. The predicted octanol–water partition coefficient (Wildman–Crippen LogP) is 2.55. The molecule has 0 saturated carbocycles. The van der Waals surface area contributed by atoms with Gasteiger partial charge in [-0.15, -0.1) is 0 Å². The van der Waals surface area contributed by atoms with E-state index in [0.717, 1.165) is 17.0 Å². The Hall–Kier alpha value is -2.20. The first-order valence-electron chi connectivity index (χ1n) is 6.04. The van der Waals surface area contributed by atoms with E-state index in [1.807, 2.05) is 24.3 Å². The van der Waals surface area contributed by atoms with Gasteiger partial charge in [-0.1, -0.05) is 24.3 Å². The number of nitrogens with one attached hydrogen (secondary N) is 1. The van der Waals surface area contributed by atoms with Gasteiger partial charge in [0.05, 0.1) is 25.4 Å². The molecule has 0 aliphatic rings. The van der Waals surface area contributed by atoms with Crippen molar-refractivity contribution in [3.8, 4) is 11.5 Å². The molecule has 0 heterocycles. The Morgan fingerprint density at radius 2 is 1.79 bits per heavy atom. The normalized spacial score (nSPS) is 11.9. The van der Waals surface area contributed by atoms with Gasteiger partial charge in [0.2, 0.25) is 0 Å². The Morgan fingerprint density at radius 3 is 2.42 bits per heavy atom. The topological polar surface area (TPSA) is 61.7 Å². The summed E-state index contributed by atoms with van der Waals surface area (Å²) in [7, 11) is 1.61. The molecule has 0 aliphatic heterocycles. The number of aliphatic hydroxyl groups excluding tert-OH is 1. The van der Waals surface area contributed by atoms with Crippen LogP contribution in [0.15, 0.2) is 48.5 Å². The molecule has 0 saturated heterocycles. The lowest BCUT2D eigenvalue weighted by atomic mass is 10.1. The Labute approximate surface area is 112 Å². The summed E-state index contributed by atoms with van der Waals surface area (Å²) in [4.78, 5) is 0. The van der Waals surface area contributed by atoms with Crippen LogP contribution in [-0.2, 0) is 0 Å². The molecule has 1 atom stereocenters. The largest absolute Gasteiger partial charge is 0.508 e. The van der Waals surface area contributed by atoms with Gasteiger partial charge in [-0.2, -0.15) is 0 Å². The molecule has 0 bridgehead atoms. The molecule has 2 aromatic carbocycles. The van der Waals surface area contributed by atoms with Crippen LogP contribution in [0, 0.1) is 0 Å². The fourth-order valence-corrected chi connectivity index (χ4v) is 1.89. The van der Waals surface area contributed by atoms with Crippen molar-refractivity contribution in [2.75, 3.05) is 19.0 Å². The van der Waals surface area contributed by atoms with Crippen LogP contribution in [0.1, 0.15) is 11.6 Å². The zero-order valence-corrected chi connectivity index (χ0v) is 10.7. The number of aliphatic hydroxyl groups is 1. The van der Waals surface area contributed by atoms with Crippen molar-refractivity contribution in [1.82, 2.24) is 0 Å². The number of methoxy groups -OCH3 is 1. The number of phenolic OH excluding ortho intramolecular Hbond substituents is 1. The van der Waals surface area contributed by atoms with E-state index >= 15 is 0 Å². The highest BCUT2D eigenvalue weighted by atomic mass is 16.5. The molecule has 19 heavy (non-hydrogen) atoms. The van der Waals surface area contributed by atoms with Crippen LogP contribution in [0.5, 0.6) is 11.5 Å². The van der Waals surface area contributed by atoms with Gasteiger partial charge < -0.3 is 20.3 Å². The number of para-hydroxylation sites is 2. The van der Waals surface area contributed by atoms with Crippen molar-refractivity contribution in [2.45, 2.75) is 6.04 Å². The van der Waals surface area contributed by atoms with Gasteiger partial charge in [-0.25, -0.2) is 0 Å². The second kappa shape index (κ2) is 6.11. The lowest BCUT2D eigenvalue weighted by Gasteiger charge is -2.19. The zero-order valence-electron chi connectivity index (χ0n) is 10.7. The number of phenols is 1. The third kappa shape index (κ3) is 3.17. The maximum Gasteiger partial charge on any atom is 0.141 e. The molecular weight excluding hydrogens is 242 g/mol. The first-order valence-corrected chi connectivity index (χ1v) is 6.04. The molecule has 0 aromatic heterocycles. The quantitative estimate of drug-likeness (QED) is 0.772. The Kier molecular flexibility index (Phi) is 4.26. The highest BCUT2D eigenvalue weighted by Crippen LogP contribution is 2.28. The highest BCUT2D eigenvalue weighted by Gasteiger charge is 2.12. The summed E-state index contributed by atoms with van der Waals surface area (Å²) in [5, 5.41) is 22.0. The minimum atomic E-state index is -0.253. The van der Waals surface area contributed by atoms with E-state index in [9.17, 15) is 10.2 Å². The number of aromatic hydroxyl groups is 1. The van der Waals surface area contributed by atoms with Crippen molar-refractivity contribution in [2.24, 2.45) is 0 Å². The Balaban J connectivity index is 2.21. The third-order valence-corrected chi connectivity index (χ3v) is 2.91. The molecule has 3 N–H and O–H groups in total. The Bertz CT molecular complexity index is 525. The number of hydrogen-bond donors (Lipinski definition) is 3. The number of benzene rings is 2. The van der Waals surface area contributed by atoms with Gasteiger partial charge in [0.15, 0.2) is 0 Å². The van der Waals surface area contributed by atoms with Crippen molar-refractivity contribution in [1.29, 1.82) is 0 Å². The molecule has 100 valence electrons. The number of hydrogen-bond acceptors (Lipinski definition) is 4.